The van der Waals surface area contributed by atoms with Gasteiger partial charge in [0.1, 0.15) is 5.92 Å². The summed E-state index contributed by atoms with van der Waals surface area (Å²) in [6.45, 7) is 1.85. The van der Waals surface area contributed by atoms with E-state index in [0.29, 0.717) is 12.0 Å². The van der Waals surface area contributed by atoms with Crippen LogP contribution >= 0.6 is 0 Å². The Hall–Kier alpha value is -1.64. The van der Waals surface area contributed by atoms with Gasteiger partial charge in [0.2, 0.25) is 5.91 Å². The summed E-state index contributed by atoms with van der Waals surface area (Å²) in [6, 6.07) is 8.95. The van der Waals surface area contributed by atoms with Gasteiger partial charge in [-0.3, -0.25) is 9.59 Å². The van der Waals surface area contributed by atoms with Gasteiger partial charge < -0.3 is 4.90 Å². The zero-order valence-corrected chi connectivity index (χ0v) is 9.93. The largest absolute Gasteiger partial charge is 0.348 e. The predicted octanol–water partition coefficient (Wildman–Crippen LogP) is 1.98. The van der Waals surface area contributed by atoms with Crippen molar-refractivity contribution in [2.24, 2.45) is 5.92 Å². The standard InChI is InChI=1S/C13H17NO2/c1-4-11(13(16)14(2)3)12(15)10-8-6-5-7-9-10/h5-9,11H,4H2,1-3H3. The van der Waals surface area contributed by atoms with Crippen molar-refractivity contribution in [3.05, 3.63) is 35.9 Å². The minimum atomic E-state index is -0.558. The molecule has 3 heteroatoms. The lowest BCUT2D eigenvalue weighted by molar-refractivity contribution is -0.131. The van der Waals surface area contributed by atoms with E-state index in [0.717, 1.165) is 0 Å². The van der Waals surface area contributed by atoms with Crippen molar-refractivity contribution >= 4 is 11.7 Å². The predicted molar refractivity (Wildman–Crippen MR) is 63.2 cm³/mol. The molecule has 0 bridgehead atoms. The third-order valence-corrected chi connectivity index (χ3v) is 2.52. The van der Waals surface area contributed by atoms with Gasteiger partial charge in [-0.15, -0.1) is 0 Å². The quantitative estimate of drug-likeness (QED) is 0.573. The van der Waals surface area contributed by atoms with Crippen LogP contribution in [0.2, 0.25) is 0 Å². The fourth-order valence-electron chi connectivity index (χ4n) is 1.59. The Balaban J connectivity index is 2.91. The first-order valence-electron chi connectivity index (χ1n) is 5.38. The molecule has 1 aromatic carbocycles. The highest BCUT2D eigenvalue weighted by molar-refractivity contribution is 6.09. The van der Waals surface area contributed by atoms with Crippen molar-refractivity contribution in [3.63, 3.8) is 0 Å². The maximum atomic E-state index is 12.1. The molecule has 0 heterocycles. The molecule has 0 saturated carbocycles. The van der Waals surface area contributed by atoms with Crippen LogP contribution in [0.5, 0.6) is 0 Å². The summed E-state index contributed by atoms with van der Waals surface area (Å²) in [7, 11) is 3.34. The first-order valence-corrected chi connectivity index (χ1v) is 5.38. The summed E-state index contributed by atoms with van der Waals surface area (Å²) in [5, 5.41) is 0. The lowest BCUT2D eigenvalue weighted by Gasteiger charge is -2.18. The van der Waals surface area contributed by atoms with Gasteiger partial charge in [-0.2, -0.15) is 0 Å². The molecule has 3 nitrogen and oxygen atoms in total. The SMILES string of the molecule is CCC(C(=O)c1ccccc1)C(=O)N(C)C. The summed E-state index contributed by atoms with van der Waals surface area (Å²) in [5.74, 6) is -0.782. The fourth-order valence-corrected chi connectivity index (χ4v) is 1.59. The van der Waals surface area contributed by atoms with E-state index in [1.807, 2.05) is 13.0 Å². The zero-order valence-electron chi connectivity index (χ0n) is 9.93. The Morgan fingerprint density at radius 1 is 1.19 bits per heavy atom. The molecule has 0 aliphatic heterocycles. The van der Waals surface area contributed by atoms with Gasteiger partial charge in [0.25, 0.3) is 0 Å². The average Bonchev–Trinajstić information content (AvgIpc) is 2.30. The lowest BCUT2D eigenvalue weighted by atomic mass is 9.94. The van der Waals surface area contributed by atoms with E-state index in [4.69, 9.17) is 0 Å². The van der Waals surface area contributed by atoms with Crippen molar-refractivity contribution in [2.75, 3.05) is 14.1 Å². The summed E-state index contributed by atoms with van der Waals surface area (Å²) in [5.41, 5.74) is 0.601. The van der Waals surface area contributed by atoms with Crippen LogP contribution in [0.25, 0.3) is 0 Å². The number of carbonyl (C=O) groups is 2. The second-order valence-corrected chi connectivity index (χ2v) is 3.92. The van der Waals surface area contributed by atoms with Crippen LogP contribution < -0.4 is 0 Å². The third-order valence-electron chi connectivity index (χ3n) is 2.52. The van der Waals surface area contributed by atoms with E-state index in [1.165, 1.54) is 4.90 Å². The highest BCUT2D eigenvalue weighted by atomic mass is 16.2. The summed E-state index contributed by atoms with van der Waals surface area (Å²) < 4.78 is 0. The first kappa shape index (κ1) is 12.4. The summed E-state index contributed by atoms with van der Waals surface area (Å²) >= 11 is 0. The molecule has 0 aliphatic carbocycles. The van der Waals surface area contributed by atoms with Crippen molar-refractivity contribution < 1.29 is 9.59 Å². The van der Waals surface area contributed by atoms with Gasteiger partial charge >= 0.3 is 0 Å². The van der Waals surface area contributed by atoms with Gasteiger partial charge in [-0.1, -0.05) is 37.3 Å². The molecule has 86 valence electrons. The molecule has 0 N–H and O–H groups in total. The van der Waals surface area contributed by atoms with Gasteiger partial charge in [0, 0.05) is 19.7 Å². The topological polar surface area (TPSA) is 37.4 Å². The van der Waals surface area contributed by atoms with Crippen LogP contribution in [-0.4, -0.2) is 30.7 Å². The summed E-state index contributed by atoms with van der Waals surface area (Å²) in [4.78, 5) is 25.3. The van der Waals surface area contributed by atoms with Crippen LogP contribution in [0, 0.1) is 5.92 Å². The number of ketones is 1. The number of Topliss-reactive ketones (excluding diaryl/α,β-unsaturated/α-hetero) is 1. The Kier molecular flexibility index (Phi) is 4.23. The lowest BCUT2D eigenvalue weighted by Crippen LogP contribution is -2.34. The van der Waals surface area contributed by atoms with Crippen molar-refractivity contribution in [2.45, 2.75) is 13.3 Å². The van der Waals surface area contributed by atoms with Crippen LogP contribution in [0.4, 0.5) is 0 Å². The number of hydrogen-bond donors (Lipinski definition) is 0. The van der Waals surface area contributed by atoms with Gasteiger partial charge in [0.05, 0.1) is 0 Å². The number of carbonyl (C=O) groups excluding carboxylic acids is 2. The van der Waals surface area contributed by atoms with E-state index < -0.39 is 5.92 Å². The molecule has 0 saturated heterocycles. The molecule has 16 heavy (non-hydrogen) atoms. The van der Waals surface area contributed by atoms with Gasteiger partial charge in [-0.05, 0) is 6.42 Å². The molecule has 0 spiro atoms. The third kappa shape index (κ3) is 2.69. The monoisotopic (exact) mass is 219 g/mol. The maximum absolute atomic E-state index is 12.1. The highest BCUT2D eigenvalue weighted by Gasteiger charge is 2.26. The minimum Gasteiger partial charge on any atom is -0.348 e. The zero-order chi connectivity index (χ0) is 12.1. The fraction of sp³-hybridized carbons (Fsp3) is 0.385. The van der Waals surface area contributed by atoms with Crippen LogP contribution in [0.15, 0.2) is 30.3 Å². The molecular weight excluding hydrogens is 202 g/mol. The molecule has 1 aromatic rings. The van der Waals surface area contributed by atoms with E-state index in [2.05, 4.69) is 0 Å². The van der Waals surface area contributed by atoms with Gasteiger partial charge in [-0.25, -0.2) is 0 Å². The van der Waals surface area contributed by atoms with Crippen molar-refractivity contribution in [1.29, 1.82) is 0 Å². The smallest absolute Gasteiger partial charge is 0.233 e. The number of nitrogens with zero attached hydrogens (tertiary/aromatic N) is 1. The van der Waals surface area contributed by atoms with Crippen molar-refractivity contribution in [3.8, 4) is 0 Å². The van der Waals surface area contributed by atoms with E-state index in [9.17, 15) is 9.59 Å². The summed E-state index contributed by atoms with van der Waals surface area (Å²) in [6.07, 6.45) is 0.532. The number of benzene rings is 1. The highest BCUT2D eigenvalue weighted by Crippen LogP contribution is 2.14. The molecule has 1 atom stereocenters. The minimum absolute atomic E-state index is 0.0956. The molecule has 1 rings (SSSR count). The van der Waals surface area contributed by atoms with Crippen LogP contribution in [0.1, 0.15) is 23.7 Å². The number of amides is 1. The van der Waals surface area contributed by atoms with Gasteiger partial charge in [0.15, 0.2) is 5.78 Å². The van der Waals surface area contributed by atoms with E-state index >= 15 is 0 Å². The number of rotatable bonds is 4. The van der Waals surface area contributed by atoms with Crippen LogP contribution in [0.3, 0.4) is 0 Å². The molecule has 1 amide bonds. The molecule has 0 radical (unpaired) electrons. The Bertz CT molecular complexity index is 371. The molecule has 0 aliphatic rings. The Morgan fingerprint density at radius 3 is 2.19 bits per heavy atom. The normalized spacial score (nSPS) is 11.9. The van der Waals surface area contributed by atoms with E-state index in [-0.39, 0.29) is 11.7 Å². The van der Waals surface area contributed by atoms with Crippen molar-refractivity contribution in [1.82, 2.24) is 4.90 Å². The Labute approximate surface area is 96.1 Å². The molecule has 0 aromatic heterocycles. The van der Waals surface area contributed by atoms with Crippen LogP contribution in [-0.2, 0) is 4.79 Å². The molecular formula is C13H17NO2. The van der Waals surface area contributed by atoms with E-state index in [1.54, 1.807) is 38.4 Å². The molecule has 0 fully saturated rings. The second kappa shape index (κ2) is 5.45. The first-order chi connectivity index (χ1) is 7.57. The molecule has 1 unspecified atom stereocenters. The Morgan fingerprint density at radius 2 is 1.75 bits per heavy atom. The average molecular weight is 219 g/mol. The number of hydrogen-bond acceptors (Lipinski definition) is 2. The second-order valence-electron chi connectivity index (χ2n) is 3.92. The maximum Gasteiger partial charge on any atom is 0.233 e.